The Hall–Kier alpha value is -3.67. The molecule has 2 aromatic heterocycles. The topological polar surface area (TPSA) is 83.6 Å². The summed E-state index contributed by atoms with van der Waals surface area (Å²) in [7, 11) is 0. The normalized spacial score (nSPS) is 18.4. The van der Waals surface area contributed by atoms with Crippen molar-refractivity contribution in [1.82, 2.24) is 9.88 Å². The first-order chi connectivity index (χ1) is 14.0. The summed E-state index contributed by atoms with van der Waals surface area (Å²) in [4.78, 5) is 31.3. The molecule has 1 aromatic carbocycles. The Morgan fingerprint density at radius 1 is 1.14 bits per heavy atom. The molecule has 6 heteroatoms. The monoisotopic (exact) mass is 388 g/mol. The van der Waals surface area contributed by atoms with E-state index in [0.717, 1.165) is 16.7 Å². The van der Waals surface area contributed by atoms with Crippen LogP contribution in [0.3, 0.4) is 0 Å². The summed E-state index contributed by atoms with van der Waals surface area (Å²) in [6.07, 6.45) is 4.74. The first-order valence-corrected chi connectivity index (χ1v) is 9.25. The van der Waals surface area contributed by atoms with Crippen molar-refractivity contribution >= 4 is 17.4 Å². The molecule has 1 saturated heterocycles. The van der Waals surface area contributed by atoms with Crippen LogP contribution in [0.25, 0.3) is 5.76 Å². The molecule has 0 aliphatic carbocycles. The average molecular weight is 388 g/mol. The number of pyridine rings is 1. The van der Waals surface area contributed by atoms with Crippen LogP contribution in [0.15, 0.2) is 71.1 Å². The molecule has 1 aliphatic heterocycles. The number of aliphatic hydroxyl groups excluding tert-OH is 1. The predicted molar refractivity (Wildman–Crippen MR) is 107 cm³/mol. The highest BCUT2D eigenvalue weighted by Gasteiger charge is 2.47. The minimum atomic E-state index is -0.807. The van der Waals surface area contributed by atoms with Crippen molar-refractivity contribution in [2.24, 2.45) is 0 Å². The molecular weight excluding hydrogens is 368 g/mol. The van der Waals surface area contributed by atoms with Gasteiger partial charge in [-0.1, -0.05) is 17.7 Å². The number of nitrogens with zero attached hydrogens (tertiary/aromatic N) is 2. The fourth-order valence-electron chi connectivity index (χ4n) is 3.61. The number of rotatable bonds is 4. The lowest BCUT2D eigenvalue weighted by atomic mass is 9.96. The number of likely N-dealkylation sites (tertiary alicyclic amines) is 1. The standard InChI is InChI=1S/C23H20N2O4/c1-14-5-6-15(2)17(12-14)21(26)19-20(18-4-3-11-29-18)25(23(28)22(19)27)13-16-7-9-24-10-8-16/h3-12,20,26H,13H2,1-2H3/b21-19+. The van der Waals surface area contributed by atoms with Gasteiger partial charge in [0.05, 0.1) is 11.8 Å². The highest BCUT2D eigenvalue weighted by atomic mass is 16.3. The number of hydrogen-bond acceptors (Lipinski definition) is 5. The second kappa shape index (κ2) is 7.39. The largest absolute Gasteiger partial charge is 0.507 e. The van der Waals surface area contributed by atoms with Gasteiger partial charge in [0.15, 0.2) is 0 Å². The van der Waals surface area contributed by atoms with E-state index < -0.39 is 17.7 Å². The molecule has 6 nitrogen and oxygen atoms in total. The Bertz CT molecular complexity index is 1100. The average Bonchev–Trinajstić information content (AvgIpc) is 3.33. The van der Waals surface area contributed by atoms with Crippen LogP contribution >= 0.6 is 0 Å². The number of aryl methyl sites for hydroxylation is 2. The van der Waals surface area contributed by atoms with E-state index in [4.69, 9.17) is 4.42 Å². The van der Waals surface area contributed by atoms with Crippen molar-refractivity contribution in [2.75, 3.05) is 0 Å². The third-order valence-electron chi connectivity index (χ3n) is 5.10. The summed E-state index contributed by atoms with van der Waals surface area (Å²) in [5.41, 5.74) is 3.14. The molecule has 3 heterocycles. The quantitative estimate of drug-likeness (QED) is 0.416. The number of ketones is 1. The fourth-order valence-corrected chi connectivity index (χ4v) is 3.61. The molecule has 0 radical (unpaired) electrons. The van der Waals surface area contributed by atoms with Gasteiger partial charge < -0.3 is 14.4 Å². The SMILES string of the molecule is Cc1ccc(C)c(/C(O)=C2\C(=O)C(=O)N(Cc3ccncc3)C2c2ccco2)c1. The van der Waals surface area contributed by atoms with E-state index in [-0.39, 0.29) is 17.9 Å². The first-order valence-electron chi connectivity index (χ1n) is 9.25. The Labute approximate surface area is 168 Å². The maximum atomic E-state index is 13.0. The molecule has 3 aromatic rings. The summed E-state index contributed by atoms with van der Waals surface area (Å²) >= 11 is 0. The van der Waals surface area contributed by atoms with Crippen LogP contribution in [0.1, 0.15) is 34.1 Å². The highest BCUT2D eigenvalue weighted by molar-refractivity contribution is 6.46. The number of carbonyl (C=O) groups excluding carboxylic acids is 2. The van der Waals surface area contributed by atoms with Crippen LogP contribution in [-0.4, -0.2) is 26.7 Å². The molecule has 1 unspecified atom stereocenters. The molecule has 29 heavy (non-hydrogen) atoms. The van der Waals surface area contributed by atoms with Gasteiger partial charge in [-0.2, -0.15) is 0 Å². The lowest BCUT2D eigenvalue weighted by Crippen LogP contribution is -2.29. The molecule has 1 atom stereocenters. The number of furan rings is 1. The van der Waals surface area contributed by atoms with Crippen molar-refractivity contribution in [2.45, 2.75) is 26.4 Å². The second-order valence-corrected chi connectivity index (χ2v) is 7.12. The van der Waals surface area contributed by atoms with Crippen molar-refractivity contribution in [3.05, 3.63) is 94.7 Å². The van der Waals surface area contributed by atoms with Crippen molar-refractivity contribution in [1.29, 1.82) is 0 Å². The van der Waals surface area contributed by atoms with E-state index in [1.807, 2.05) is 26.0 Å². The predicted octanol–water partition coefficient (Wildman–Crippen LogP) is 3.91. The maximum Gasteiger partial charge on any atom is 0.296 e. The van der Waals surface area contributed by atoms with Gasteiger partial charge in [-0.25, -0.2) is 0 Å². The summed E-state index contributed by atoms with van der Waals surface area (Å²) in [6, 6.07) is 11.8. The van der Waals surface area contributed by atoms with Crippen LogP contribution in [0.5, 0.6) is 0 Å². The fraction of sp³-hybridized carbons (Fsp3) is 0.174. The van der Waals surface area contributed by atoms with E-state index in [1.54, 1.807) is 42.7 Å². The number of aromatic nitrogens is 1. The Balaban J connectivity index is 1.87. The van der Waals surface area contributed by atoms with E-state index >= 15 is 0 Å². The van der Waals surface area contributed by atoms with Crippen molar-refractivity contribution < 1.29 is 19.1 Å². The van der Waals surface area contributed by atoms with E-state index in [9.17, 15) is 14.7 Å². The van der Waals surface area contributed by atoms with Gasteiger partial charge in [0.2, 0.25) is 0 Å². The lowest BCUT2D eigenvalue weighted by molar-refractivity contribution is -0.140. The zero-order chi connectivity index (χ0) is 20.5. The molecule has 1 aliphatic rings. The minimum Gasteiger partial charge on any atom is -0.507 e. The minimum absolute atomic E-state index is 0.0349. The van der Waals surface area contributed by atoms with Gasteiger partial charge in [0.25, 0.3) is 11.7 Å². The summed E-state index contributed by atoms with van der Waals surface area (Å²) < 4.78 is 5.55. The van der Waals surface area contributed by atoms with Crippen LogP contribution in [0.4, 0.5) is 0 Å². The van der Waals surface area contributed by atoms with E-state index in [0.29, 0.717) is 11.3 Å². The third kappa shape index (κ3) is 3.33. The number of aliphatic hydroxyl groups is 1. The second-order valence-electron chi connectivity index (χ2n) is 7.12. The van der Waals surface area contributed by atoms with Gasteiger partial charge >= 0.3 is 0 Å². The Kier molecular flexibility index (Phi) is 4.76. The smallest absolute Gasteiger partial charge is 0.296 e. The van der Waals surface area contributed by atoms with E-state index in [2.05, 4.69) is 4.98 Å². The Morgan fingerprint density at radius 2 is 1.90 bits per heavy atom. The summed E-state index contributed by atoms with van der Waals surface area (Å²) in [5.74, 6) is -1.16. The summed E-state index contributed by atoms with van der Waals surface area (Å²) in [6.45, 7) is 3.95. The number of amides is 1. The molecule has 4 rings (SSSR count). The highest BCUT2D eigenvalue weighted by Crippen LogP contribution is 2.40. The van der Waals surface area contributed by atoms with Gasteiger partial charge in [-0.3, -0.25) is 14.6 Å². The zero-order valence-corrected chi connectivity index (χ0v) is 16.1. The third-order valence-corrected chi connectivity index (χ3v) is 5.10. The first kappa shape index (κ1) is 18.7. The number of carbonyl (C=O) groups is 2. The molecule has 1 N–H and O–H groups in total. The molecule has 146 valence electrons. The number of benzene rings is 1. The van der Waals surface area contributed by atoms with Gasteiger partial charge in [-0.05, 0) is 55.3 Å². The molecule has 0 bridgehead atoms. The number of hydrogen-bond donors (Lipinski definition) is 1. The van der Waals surface area contributed by atoms with Crippen LogP contribution < -0.4 is 0 Å². The van der Waals surface area contributed by atoms with Crippen molar-refractivity contribution in [3.63, 3.8) is 0 Å². The summed E-state index contributed by atoms with van der Waals surface area (Å²) in [5, 5.41) is 11.1. The van der Waals surface area contributed by atoms with Gasteiger partial charge in [0, 0.05) is 24.5 Å². The maximum absolute atomic E-state index is 13.0. The molecule has 0 spiro atoms. The van der Waals surface area contributed by atoms with Crippen LogP contribution in [0, 0.1) is 13.8 Å². The Morgan fingerprint density at radius 3 is 2.59 bits per heavy atom. The zero-order valence-electron chi connectivity index (χ0n) is 16.1. The number of Topliss-reactive ketones (excluding diaryl/α,β-unsaturated/α-hetero) is 1. The van der Waals surface area contributed by atoms with Crippen molar-refractivity contribution in [3.8, 4) is 0 Å². The lowest BCUT2D eigenvalue weighted by Gasteiger charge is -2.23. The van der Waals surface area contributed by atoms with Gasteiger partial charge in [0.1, 0.15) is 17.6 Å². The van der Waals surface area contributed by atoms with E-state index in [1.165, 1.54) is 11.2 Å². The van der Waals surface area contributed by atoms with Crippen LogP contribution in [-0.2, 0) is 16.1 Å². The molecule has 0 saturated carbocycles. The van der Waals surface area contributed by atoms with Gasteiger partial charge in [-0.15, -0.1) is 0 Å². The molecule has 1 fully saturated rings. The molecule has 1 amide bonds. The molecular formula is C23H20N2O4. The van der Waals surface area contributed by atoms with Crippen LogP contribution in [0.2, 0.25) is 0 Å².